The second-order valence-corrected chi connectivity index (χ2v) is 26.0. The number of carbonyl (C=O) groups is 2. The van der Waals surface area contributed by atoms with Gasteiger partial charge >= 0.3 is 11.9 Å². The van der Waals surface area contributed by atoms with Crippen LogP contribution in [0.25, 0.3) is 0 Å². The van der Waals surface area contributed by atoms with Crippen LogP contribution >= 0.6 is 0 Å². The van der Waals surface area contributed by atoms with Crippen LogP contribution in [0.2, 0.25) is 0 Å². The zero-order chi connectivity index (χ0) is 60.4. The first-order chi connectivity index (χ1) is 40.5. The van der Waals surface area contributed by atoms with Crippen LogP contribution in [0.3, 0.4) is 0 Å². The summed E-state index contributed by atoms with van der Waals surface area (Å²) < 4.78 is 29.1. The minimum atomic E-state index is -1.81. The molecule has 0 bridgehead atoms. The van der Waals surface area contributed by atoms with Gasteiger partial charge in [0.25, 0.3) is 0 Å². The van der Waals surface area contributed by atoms with Gasteiger partial charge in [-0.2, -0.15) is 0 Å². The molecular formula is C70H134O13. The predicted molar refractivity (Wildman–Crippen MR) is 337 cm³/mol. The Balaban J connectivity index is 1.94. The summed E-state index contributed by atoms with van der Waals surface area (Å²) in [7, 11) is 0. The Morgan fingerprint density at radius 1 is 0.301 bits per heavy atom. The van der Waals surface area contributed by atoms with Crippen molar-refractivity contribution in [2.45, 2.75) is 410 Å². The van der Waals surface area contributed by atoms with E-state index in [0.717, 1.165) is 77.0 Å². The van der Waals surface area contributed by atoms with Gasteiger partial charge in [0.15, 0.2) is 12.6 Å². The maximum absolute atomic E-state index is 13.5. The van der Waals surface area contributed by atoms with E-state index in [1.165, 1.54) is 231 Å². The monoisotopic (exact) mass is 1180 g/mol. The van der Waals surface area contributed by atoms with E-state index in [2.05, 4.69) is 27.7 Å². The predicted octanol–water partition coefficient (Wildman–Crippen LogP) is 16.5. The number of ether oxygens (including phenoxy) is 5. The maximum Gasteiger partial charge on any atom is 0.306 e. The number of aliphatic hydroxyl groups is 6. The second kappa shape index (κ2) is 53.6. The van der Waals surface area contributed by atoms with Gasteiger partial charge in [-0.05, 0) is 37.5 Å². The average molecular weight is 1180 g/mol. The number of carbonyl (C=O) groups excluding carboxylic acids is 2. The highest BCUT2D eigenvalue weighted by atomic mass is 16.8. The highest BCUT2D eigenvalue weighted by Crippen LogP contribution is 2.31. The first kappa shape index (κ1) is 77.7. The van der Waals surface area contributed by atoms with Gasteiger partial charge in [-0.25, -0.2) is 0 Å². The van der Waals surface area contributed by atoms with E-state index < -0.39 is 86.6 Å². The molecule has 2 rings (SSSR count). The number of aliphatic hydroxyl groups excluding tert-OH is 6. The molecule has 2 heterocycles. The molecular weight excluding hydrogens is 1050 g/mol. The van der Waals surface area contributed by atoms with Crippen LogP contribution in [0.15, 0.2) is 0 Å². The normalized spacial score (nSPS) is 22.9. The molecule has 0 spiro atoms. The van der Waals surface area contributed by atoms with Crippen LogP contribution in [0.1, 0.15) is 349 Å². The van der Waals surface area contributed by atoms with Crippen molar-refractivity contribution in [1.82, 2.24) is 0 Å². The summed E-state index contributed by atoms with van der Waals surface area (Å²) >= 11 is 0. The van der Waals surface area contributed by atoms with E-state index in [9.17, 15) is 40.2 Å². The Morgan fingerprint density at radius 3 is 0.723 bits per heavy atom. The third-order valence-electron chi connectivity index (χ3n) is 18.2. The van der Waals surface area contributed by atoms with Gasteiger partial charge in [0.2, 0.25) is 0 Å². The molecule has 83 heavy (non-hydrogen) atoms. The van der Waals surface area contributed by atoms with Crippen LogP contribution in [0, 0.1) is 11.8 Å². The minimum absolute atomic E-state index is 0.166. The summed E-state index contributed by atoms with van der Waals surface area (Å²) in [4.78, 5) is 27.0. The quantitative estimate of drug-likeness (QED) is 0.0248. The van der Waals surface area contributed by atoms with Gasteiger partial charge < -0.3 is 54.3 Å². The molecule has 0 radical (unpaired) electrons. The Kier molecular flexibility index (Phi) is 50.2. The van der Waals surface area contributed by atoms with Crippen molar-refractivity contribution in [1.29, 1.82) is 0 Å². The molecule has 0 aromatic carbocycles. The Morgan fingerprint density at radius 2 is 0.506 bits per heavy atom. The molecule has 2 saturated heterocycles. The molecule has 6 N–H and O–H groups in total. The van der Waals surface area contributed by atoms with Crippen LogP contribution < -0.4 is 0 Å². The van der Waals surface area contributed by atoms with E-state index in [1.807, 2.05) is 0 Å². The standard InChI is InChI=1S/C70H134O13/c1-5-9-13-17-21-25-29-33-37-41-45-49-57(50-46-42-38-34-30-26-22-18-14-10-6-2)53-61(71)79-55-59-63(73)65(75)67(77)69(81-59)83-70-68(78)66(76)64(74)60(82-70)56-80-62(72)54-58(51-47-43-39-35-31-27-23-19-15-11-7-3)52-48-44-40-36-32-28-24-20-16-12-8-4/h57-60,63-70,73-78H,5-56H2,1-4H3/t59?,60?,63-,64-,65-,66-,67?,68?,69-,70-/m0/s1. The fourth-order valence-electron chi connectivity index (χ4n) is 12.5. The van der Waals surface area contributed by atoms with E-state index >= 15 is 0 Å². The summed E-state index contributed by atoms with van der Waals surface area (Å²) in [6.45, 7) is 8.18. The second-order valence-electron chi connectivity index (χ2n) is 26.0. The Labute approximate surface area is 509 Å². The molecule has 4 unspecified atom stereocenters. The maximum atomic E-state index is 13.5. The number of rotatable bonds is 58. The smallest absolute Gasteiger partial charge is 0.306 e. The van der Waals surface area contributed by atoms with Crippen LogP contribution in [-0.2, 0) is 33.3 Å². The summed E-state index contributed by atoms with van der Waals surface area (Å²) in [5.41, 5.74) is 0. The molecule has 0 aliphatic carbocycles. The van der Waals surface area contributed by atoms with E-state index in [4.69, 9.17) is 23.7 Å². The molecule has 0 aromatic rings. The highest BCUT2D eigenvalue weighted by Gasteiger charge is 2.50. The van der Waals surface area contributed by atoms with Gasteiger partial charge in [0, 0.05) is 12.8 Å². The van der Waals surface area contributed by atoms with Gasteiger partial charge in [-0.1, -0.05) is 310 Å². The number of esters is 2. The fourth-order valence-corrected chi connectivity index (χ4v) is 12.5. The molecule has 2 aliphatic heterocycles. The lowest BCUT2D eigenvalue weighted by molar-refractivity contribution is -0.376. The molecule has 2 aliphatic rings. The van der Waals surface area contributed by atoms with Crippen molar-refractivity contribution in [3.63, 3.8) is 0 Å². The van der Waals surface area contributed by atoms with Crippen molar-refractivity contribution in [3.8, 4) is 0 Å². The van der Waals surface area contributed by atoms with Gasteiger partial charge in [0.05, 0.1) is 0 Å². The summed E-state index contributed by atoms with van der Waals surface area (Å²) in [6.07, 6.45) is 43.2. The number of hydrogen-bond donors (Lipinski definition) is 6. The molecule has 10 atom stereocenters. The zero-order valence-electron chi connectivity index (χ0n) is 54.2. The van der Waals surface area contributed by atoms with E-state index in [1.54, 1.807) is 0 Å². The zero-order valence-corrected chi connectivity index (χ0v) is 54.2. The summed E-state index contributed by atoms with van der Waals surface area (Å²) in [5, 5.41) is 65.9. The average Bonchev–Trinajstić information content (AvgIpc) is 3.64. The van der Waals surface area contributed by atoms with E-state index in [-0.39, 0.29) is 24.7 Å². The van der Waals surface area contributed by atoms with Crippen LogP contribution in [0.5, 0.6) is 0 Å². The van der Waals surface area contributed by atoms with Crippen molar-refractivity contribution in [2.24, 2.45) is 11.8 Å². The van der Waals surface area contributed by atoms with Crippen LogP contribution in [-0.4, -0.2) is 117 Å². The van der Waals surface area contributed by atoms with Gasteiger partial charge in [-0.3, -0.25) is 9.59 Å². The van der Waals surface area contributed by atoms with Crippen LogP contribution in [0.4, 0.5) is 0 Å². The van der Waals surface area contributed by atoms with Gasteiger partial charge in [-0.15, -0.1) is 0 Å². The van der Waals surface area contributed by atoms with Gasteiger partial charge in [0.1, 0.15) is 62.0 Å². The van der Waals surface area contributed by atoms with Crippen molar-refractivity contribution in [2.75, 3.05) is 13.2 Å². The fraction of sp³-hybridized carbons (Fsp3) is 0.971. The lowest BCUT2D eigenvalue weighted by Crippen LogP contribution is -2.64. The molecule has 0 aromatic heterocycles. The number of unbranched alkanes of at least 4 members (excludes halogenated alkanes) is 40. The first-order valence-electron chi connectivity index (χ1n) is 35.8. The molecule has 13 heteroatoms. The van der Waals surface area contributed by atoms with Crippen molar-refractivity contribution < 1.29 is 63.9 Å². The minimum Gasteiger partial charge on any atom is -0.463 e. The summed E-state index contributed by atoms with van der Waals surface area (Å²) in [5.74, 6) is -0.520. The third kappa shape index (κ3) is 39.3. The SMILES string of the molecule is CCCCCCCCCCCCCC(CCCCCCCCCCCCC)CC(=O)OCC1O[C@@H](O[C@@H]2OC(COC(=O)CC(CCCCCCCCCCCCC)CCCCCCCCCCCCC)[C@H](O)[C@H](O)C2O)C(O)[C@@H](O)[C@H]1O. The topological polar surface area (TPSA) is 202 Å². The Bertz CT molecular complexity index is 1300. The Hall–Kier alpha value is -1.42. The molecule has 13 nitrogen and oxygen atoms in total. The summed E-state index contributed by atoms with van der Waals surface area (Å²) in [6, 6.07) is 0. The molecule has 0 saturated carbocycles. The van der Waals surface area contributed by atoms with Crippen molar-refractivity contribution in [3.05, 3.63) is 0 Å². The lowest BCUT2D eigenvalue weighted by Gasteiger charge is -2.44. The number of hydrogen-bond acceptors (Lipinski definition) is 13. The lowest BCUT2D eigenvalue weighted by atomic mass is 9.91. The highest BCUT2D eigenvalue weighted by molar-refractivity contribution is 5.70. The molecule has 492 valence electrons. The van der Waals surface area contributed by atoms with Crippen molar-refractivity contribution >= 4 is 11.9 Å². The largest absolute Gasteiger partial charge is 0.463 e. The molecule has 0 amide bonds. The van der Waals surface area contributed by atoms with E-state index in [0.29, 0.717) is 0 Å². The first-order valence-corrected chi connectivity index (χ1v) is 35.8. The third-order valence-corrected chi connectivity index (χ3v) is 18.2. The molecule has 2 fully saturated rings.